The van der Waals surface area contributed by atoms with Gasteiger partial charge < -0.3 is 5.32 Å². The number of rotatable bonds is 7. The van der Waals surface area contributed by atoms with E-state index >= 15 is 0 Å². The molecule has 0 spiro atoms. The highest BCUT2D eigenvalue weighted by atomic mass is 32.2. The number of benzene rings is 1. The van der Waals surface area contributed by atoms with Crippen LogP contribution in [0.15, 0.2) is 35.7 Å². The Bertz CT molecular complexity index is 467. The lowest BCUT2D eigenvalue weighted by Crippen LogP contribution is -2.18. The Labute approximate surface area is 118 Å². The molecule has 2 rings (SSSR count). The zero-order valence-electron chi connectivity index (χ0n) is 11.4. The van der Waals surface area contributed by atoms with Crippen LogP contribution < -0.4 is 5.32 Å². The summed E-state index contributed by atoms with van der Waals surface area (Å²) in [4.78, 5) is 4.12. The van der Waals surface area contributed by atoms with E-state index in [4.69, 9.17) is 0 Å². The second-order valence-electron chi connectivity index (χ2n) is 4.43. The molecule has 0 saturated carbocycles. The summed E-state index contributed by atoms with van der Waals surface area (Å²) in [5, 5.41) is 10.9. The monoisotopic (exact) mass is 276 g/mol. The molecule has 2 N–H and O–H groups in total. The third-order valence-electron chi connectivity index (χ3n) is 3.05. The number of hydrogen-bond acceptors (Lipinski definition) is 4. The van der Waals surface area contributed by atoms with Crippen LogP contribution in [0.5, 0.6) is 0 Å². The number of aromatic amines is 1. The van der Waals surface area contributed by atoms with Gasteiger partial charge in [-0.25, -0.2) is 4.98 Å². The number of hydrogen-bond donors (Lipinski definition) is 2. The first-order chi connectivity index (χ1) is 9.33. The molecule has 1 aromatic heterocycles. The first-order valence-corrected chi connectivity index (χ1v) is 7.56. The minimum atomic E-state index is 0.325. The summed E-state index contributed by atoms with van der Waals surface area (Å²) in [6, 6.07) is 9.20. The molecule has 2 aromatic rings. The minimum absolute atomic E-state index is 0.325. The average Bonchev–Trinajstić information content (AvgIpc) is 2.95. The van der Waals surface area contributed by atoms with Gasteiger partial charge in [0.2, 0.25) is 0 Å². The summed E-state index contributed by atoms with van der Waals surface area (Å²) in [5.74, 6) is 0.929. The van der Waals surface area contributed by atoms with Crippen molar-refractivity contribution in [1.82, 2.24) is 20.5 Å². The predicted octanol–water partition coefficient (Wildman–Crippen LogP) is 2.81. The molecule has 0 bridgehead atoms. The lowest BCUT2D eigenvalue weighted by molar-refractivity contribution is 0.660. The highest BCUT2D eigenvalue weighted by Crippen LogP contribution is 2.22. The zero-order valence-corrected chi connectivity index (χ0v) is 12.2. The van der Waals surface area contributed by atoms with E-state index in [1.807, 2.05) is 7.05 Å². The normalized spacial score (nSPS) is 12.5. The number of aryl methyl sites for hydroxylation is 1. The molecule has 0 aliphatic carbocycles. The standard InChI is InChI=1S/C14H20N4S/c1-3-4-11-5-7-12(8-6-11)13(15-2)9-19-14-16-10-17-18-14/h5-8,10,13,15H,3-4,9H2,1-2H3,(H,16,17,18). The number of nitrogens with zero attached hydrogens (tertiary/aromatic N) is 2. The fourth-order valence-electron chi connectivity index (χ4n) is 1.98. The van der Waals surface area contributed by atoms with E-state index in [1.54, 1.807) is 11.8 Å². The lowest BCUT2D eigenvalue weighted by atomic mass is 10.0. The highest BCUT2D eigenvalue weighted by Gasteiger charge is 2.10. The molecule has 0 radical (unpaired) electrons. The predicted molar refractivity (Wildman–Crippen MR) is 79.3 cm³/mol. The van der Waals surface area contributed by atoms with Gasteiger partial charge in [0.15, 0.2) is 5.16 Å². The summed E-state index contributed by atoms with van der Waals surface area (Å²) in [5.41, 5.74) is 2.72. The second kappa shape index (κ2) is 7.31. The van der Waals surface area contributed by atoms with Crippen LogP contribution in [0, 0.1) is 0 Å². The first-order valence-electron chi connectivity index (χ1n) is 6.57. The fraction of sp³-hybridized carbons (Fsp3) is 0.429. The molecule has 0 fully saturated rings. The van der Waals surface area contributed by atoms with Crippen molar-refractivity contribution in [3.63, 3.8) is 0 Å². The van der Waals surface area contributed by atoms with Gasteiger partial charge in [0.05, 0.1) is 0 Å². The first kappa shape index (κ1) is 14.1. The molecule has 0 amide bonds. The molecule has 102 valence electrons. The van der Waals surface area contributed by atoms with E-state index in [2.05, 4.69) is 51.7 Å². The van der Waals surface area contributed by atoms with E-state index in [9.17, 15) is 0 Å². The lowest BCUT2D eigenvalue weighted by Gasteiger charge is -2.16. The summed E-state index contributed by atoms with van der Waals surface area (Å²) in [6.45, 7) is 2.21. The van der Waals surface area contributed by atoms with Crippen molar-refractivity contribution in [2.24, 2.45) is 0 Å². The topological polar surface area (TPSA) is 53.6 Å². The van der Waals surface area contributed by atoms with E-state index in [-0.39, 0.29) is 0 Å². The fourth-order valence-corrected chi connectivity index (χ4v) is 2.90. The van der Waals surface area contributed by atoms with Crippen LogP contribution >= 0.6 is 11.8 Å². The van der Waals surface area contributed by atoms with Crippen LogP contribution in [-0.4, -0.2) is 28.0 Å². The Balaban J connectivity index is 1.96. The zero-order chi connectivity index (χ0) is 13.5. The quantitative estimate of drug-likeness (QED) is 0.764. The molecule has 1 heterocycles. The Morgan fingerprint density at radius 2 is 2.11 bits per heavy atom. The van der Waals surface area contributed by atoms with Gasteiger partial charge in [-0.05, 0) is 24.6 Å². The van der Waals surface area contributed by atoms with Gasteiger partial charge in [-0.2, -0.15) is 5.10 Å². The van der Waals surface area contributed by atoms with Crippen LogP contribution in [0.1, 0.15) is 30.5 Å². The van der Waals surface area contributed by atoms with Crippen molar-refractivity contribution < 1.29 is 0 Å². The smallest absolute Gasteiger partial charge is 0.183 e. The SMILES string of the molecule is CCCc1ccc(C(CSc2ncn[nH]2)NC)cc1. The number of aromatic nitrogens is 3. The molecule has 0 saturated heterocycles. The van der Waals surface area contributed by atoms with Gasteiger partial charge in [0.25, 0.3) is 0 Å². The second-order valence-corrected chi connectivity index (χ2v) is 5.44. The van der Waals surface area contributed by atoms with Crippen molar-refractivity contribution in [2.75, 3.05) is 12.8 Å². The van der Waals surface area contributed by atoms with Crippen LogP contribution in [0.2, 0.25) is 0 Å². The van der Waals surface area contributed by atoms with Crippen molar-refractivity contribution in [3.05, 3.63) is 41.7 Å². The molecule has 0 aliphatic heterocycles. The Kier molecular flexibility index (Phi) is 5.42. The Morgan fingerprint density at radius 1 is 1.32 bits per heavy atom. The maximum Gasteiger partial charge on any atom is 0.183 e. The van der Waals surface area contributed by atoms with Crippen LogP contribution in [0.4, 0.5) is 0 Å². The van der Waals surface area contributed by atoms with Crippen molar-refractivity contribution in [1.29, 1.82) is 0 Å². The molecule has 5 heteroatoms. The van der Waals surface area contributed by atoms with Crippen molar-refractivity contribution >= 4 is 11.8 Å². The molecule has 1 aromatic carbocycles. The van der Waals surface area contributed by atoms with Crippen molar-refractivity contribution in [2.45, 2.75) is 31.0 Å². The van der Waals surface area contributed by atoms with E-state index in [1.165, 1.54) is 23.9 Å². The summed E-state index contributed by atoms with van der Waals surface area (Å²) in [7, 11) is 1.99. The molecule has 1 unspecified atom stereocenters. The molecular weight excluding hydrogens is 256 g/mol. The van der Waals surface area contributed by atoms with Crippen LogP contribution in [0.3, 0.4) is 0 Å². The largest absolute Gasteiger partial charge is 0.312 e. The van der Waals surface area contributed by atoms with Crippen LogP contribution in [-0.2, 0) is 6.42 Å². The number of thioether (sulfide) groups is 1. The number of nitrogens with one attached hydrogen (secondary N) is 2. The van der Waals surface area contributed by atoms with E-state index in [0.29, 0.717) is 6.04 Å². The summed E-state index contributed by atoms with van der Waals surface area (Å²) in [6.07, 6.45) is 3.88. The average molecular weight is 276 g/mol. The van der Waals surface area contributed by atoms with Gasteiger partial charge in [-0.3, -0.25) is 5.10 Å². The van der Waals surface area contributed by atoms with Gasteiger partial charge in [0.1, 0.15) is 6.33 Å². The molecule has 4 nitrogen and oxygen atoms in total. The van der Waals surface area contributed by atoms with E-state index in [0.717, 1.165) is 17.3 Å². The van der Waals surface area contributed by atoms with Gasteiger partial charge in [-0.15, -0.1) is 0 Å². The van der Waals surface area contributed by atoms with Crippen LogP contribution in [0.25, 0.3) is 0 Å². The van der Waals surface area contributed by atoms with Gasteiger partial charge in [0, 0.05) is 11.8 Å². The molecule has 1 atom stereocenters. The van der Waals surface area contributed by atoms with E-state index < -0.39 is 0 Å². The Morgan fingerprint density at radius 3 is 2.68 bits per heavy atom. The van der Waals surface area contributed by atoms with Gasteiger partial charge >= 0.3 is 0 Å². The molecule has 0 aliphatic rings. The third kappa shape index (κ3) is 4.08. The molecular formula is C14H20N4S. The Hall–Kier alpha value is -1.33. The maximum absolute atomic E-state index is 4.12. The van der Waals surface area contributed by atoms with Crippen molar-refractivity contribution in [3.8, 4) is 0 Å². The molecule has 19 heavy (non-hydrogen) atoms. The maximum atomic E-state index is 4.12. The highest BCUT2D eigenvalue weighted by molar-refractivity contribution is 7.99. The third-order valence-corrected chi connectivity index (χ3v) is 4.02. The minimum Gasteiger partial charge on any atom is -0.312 e. The number of H-pyrrole nitrogens is 1. The van der Waals surface area contributed by atoms with Gasteiger partial charge in [-0.1, -0.05) is 49.4 Å². The summed E-state index contributed by atoms with van der Waals surface area (Å²) < 4.78 is 0. The summed E-state index contributed by atoms with van der Waals surface area (Å²) >= 11 is 1.68.